The maximum atomic E-state index is 11.5. The van der Waals surface area contributed by atoms with Crippen molar-refractivity contribution in [1.82, 2.24) is 10.6 Å². The molecule has 0 aromatic heterocycles. The molecule has 0 aliphatic heterocycles. The van der Waals surface area contributed by atoms with Crippen molar-refractivity contribution < 1.29 is 14.7 Å². The zero-order valence-electron chi connectivity index (χ0n) is 11.9. The van der Waals surface area contributed by atoms with E-state index < -0.39 is 5.97 Å². The second kappa shape index (κ2) is 8.02. The number of aliphatic carboxylic acids is 1. The van der Waals surface area contributed by atoms with Crippen molar-refractivity contribution in [1.29, 1.82) is 0 Å². The Morgan fingerprint density at radius 2 is 2.05 bits per heavy atom. The van der Waals surface area contributed by atoms with Crippen LogP contribution in [0, 0.1) is 17.8 Å². The monoisotopic (exact) mass is 270 g/mol. The fourth-order valence-corrected chi connectivity index (χ4v) is 2.55. The summed E-state index contributed by atoms with van der Waals surface area (Å²) >= 11 is 0. The predicted molar refractivity (Wildman–Crippen MR) is 73.9 cm³/mol. The summed E-state index contributed by atoms with van der Waals surface area (Å²) in [4.78, 5) is 22.2. The Hall–Kier alpha value is -1.26. The van der Waals surface area contributed by atoms with E-state index in [0.29, 0.717) is 31.2 Å². The lowest BCUT2D eigenvalue weighted by atomic mass is 9.98. The fraction of sp³-hybridized carbons (Fsp3) is 0.857. The van der Waals surface area contributed by atoms with Gasteiger partial charge >= 0.3 is 12.0 Å². The summed E-state index contributed by atoms with van der Waals surface area (Å²) < 4.78 is 0. The van der Waals surface area contributed by atoms with E-state index in [1.807, 2.05) is 0 Å². The van der Waals surface area contributed by atoms with E-state index in [-0.39, 0.29) is 11.9 Å². The van der Waals surface area contributed by atoms with E-state index >= 15 is 0 Å². The highest BCUT2D eigenvalue weighted by molar-refractivity contribution is 5.73. The lowest BCUT2D eigenvalue weighted by Crippen LogP contribution is -2.39. The SMILES string of the molecule is CC(CCCNC(=O)NCC1CCCC1C)C(=O)O. The highest BCUT2D eigenvalue weighted by Crippen LogP contribution is 2.30. The Bertz CT molecular complexity index is 307. The van der Waals surface area contributed by atoms with Crippen molar-refractivity contribution in [3.8, 4) is 0 Å². The summed E-state index contributed by atoms with van der Waals surface area (Å²) in [5.74, 6) is 0.193. The summed E-state index contributed by atoms with van der Waals surface area (Å²) in [5, 5.41) is 14.4. The number of carboxylic acids is 1. The molecule has 0 saturated heterocycles. The fourth-order valence-electron chi connectivity index (χ4n) is 2.55. The van der Waals surface area contributed by atoms with Gasteiger partial charge in [0.25, 0.3) is 0 Å². The van der Waals surface area contributed by atoms with E-state index in [0.717, 1.165) is 6.54 Å². The van der Waals surface area contributed by atoms with Gasteiger partial charge in [-0.2, -0.15) is 0 Å². The zero-order chi connectivity index (χ0) is 14.3. The van der Waals surface area contributed by atoms with Gasteiger partial charge in [-0.15, -0.1) is 0 Å². The molecule has 19 heavy (non-hydrogen) atoms. The molecule has 5 heteroatoms. The third kappa shape index (κ3) is 5.94. The number of carbonyl (C=O) groups excluding carboxylic acids is 1. The summed E-state index contributed by atoms with van der Waals surface area (Å²) in [7, 11) is 0. The third-order valence-electron chi connectivity index (χ3n) is 4.08. The molecular formula is C14H26N2O3. The molecule has 0 aromatic rings. The number of hydrogen-bond donors (Lipinski definition) is 3. The first-order valence-electron chi connectivity index (χ1n) is 7.25. The molecule has 3 atom stereocenters. The summed E-state index contributed by atoms with van der Waals surface area (Å²) in [6, 6.07) is -0.137. The van der Waals surface area contributed by atoms with Crippen molar-refractivity contribution in [2.45, 2.75) is 46.0 Å². The van der Waals surface area contributed by atoms with E-state index in [1.54, 1.807) is 6.92 Å². The Morgan fingerprint density at radius 1 is 1.32 bits per heavy atom. The van der Waals surface area contributed by atoms with Gasteiger partial charge in [-0.1, -0.05) is 26.7 Å². The van der Waals surface area contributed by atoms with E-state index in [4.69, 9.17) is 5.11 Å². The number of nitrogens with one attached hydrogen (secondary N) is 2. The van der Waals surface area contributed by atoms with Crippen molar-refractivity contribution in [2.75, 3.05) is 13.1 Å². The molecule has 1 aliphatic carbocycles. The van der Waals surface area contributed by atoms with E-state index in [1.165, 1.54) is 19.3 Å². The van der Waals surface area contributed by atoms with Crippen LogP contribution >= 0.6 is 0 Å². The van der Waals surface area contributed by atoms with Crippen molar-refractivity contribution in [3.05, 3.63) is 0 Å². The van der Waals surface area contributed by atoms with Crippen molar-refractivity contribution in [3.63, 3.8) is 0 Å². The molecule has 1 fully saturated rings. The molecule has 0 heterocycles. The highest BCUT2D eigenvalue weighted by atomic mass is 16.4. The summed E-state index contributed by atoms with van der Waals surface area (Å²) in [6.45, 7) is 5.20. The van der Waals surface area contributed by atoms with Gasteiger partial charge in [-0.3, -0.25) is 4.79 Å². The minimum atomic E-state index is -0.778. The molecule has 3 N–H and O–H groups in total. The molecule has 110 valence electrons. The molecule has 0 aromatic carbocycles. The van der Waals surface area contributed by atoms with Crippen LogP contribution in [-0.4, -0.2) is 30.2 Å². The minimum absolute atomic E-state index is 0.137. The van der Waals surface area contributed by atoms with Gasteiger partial charge in [0.05, 0.1) is 5.92 Å². The molecule has 2 amide bonds. The van der Waals surface area contributed by atoms with Crippen LogP contribution in [0.25, 0.3) is 0 Å². The quantitative estimate of drug-likeness (QED) is 0.621. The Labute approximate surface area is 115 Å². The average molecular weight is 270 g/mol. The number of hydrogen-bond acceptors (Lipinski definition) is 2. The molecule has 0 spiro atoms. The summed E-state index contributed by atoms with van der Waals surface area (Å²) in [6.07, 6.45) is 5.02. The number of urea groups is 1. The Morgan fingerprint density at radius 3 is 2.63 bits per heavy atom. The normalized spacial score (nSPS) is 23.9. The number of carbonyl (C=O) groups is 2. The Balaban J connectivity index is 2.03. The van der Waals surface area contributed by atoms with Crippen LogP contribution < -0.4 is 10.6 Å². The average Bonchev–Trinajstić information content (AvgIpc) is 2.77. The van der Waals surface area contributed by atoms with Gasteiger partial charge in [0.1, 0.15) is 0 Å². The zero-order valence-corrected chi connectivity index (χ0v) is 11.9. The third-order valence-corrected chi connectivity index (χ3v) is 4.08. The summed E-state index contributed by atoms with van der Waals surface area (Å²) in [5.41, 5.74) is 0. The van der Waals surface area contributed by atoms with Crippen LogP contribution in [0.2, 0.25) is 0 Å². The van der Waals surface area contributed by atoms with Crippen LogP contribution in [0.1, 0.15) is 46.0 Å². The van der Waals surface area contributed by atoms with Gasteiger partial charge in [-0.05, 0) is 31.1 Å². The van der Waals surface area contributed by atoms with Crippen LogP contribution in [0.4, 0.5) is 4.79 Å². The number of carboxylic acid groups (broad SMARTS) is 1. The minimum Gasteiger partial charge on any atom is -0.481 e. The molecule has 0 radical (unpaired) electrons. The predicted octanol–water partition coefficient (Wildman–Crippen LogP) is 2.22. The Kier molecular flexibility index (Phi) is 6.67. The van der Waals surface area contributed by atoms with Crippen molar-refractivity contribution >= 4 is 12.0 Å². The van der Waals surface area contributed by atoms with Gasteiger partial charge in [0.15, 0.2) is 0 Å². The first-order chi connectivity index (χ1) is 9.00. The molecule has 0 bridgehead atoms. The highest BCUT2D eigenvalue weighted by Gasteiger charge is 2.23. The molecule has 1 saturated carbocycles. The second-order valence-electron chi connectivity index (χ2n) is 5.69. The molecule has 3 unspecified atom stereocenters. The topological polar surface area (TPSA) is 78.4 Å². The largest absolute Gasteiger partial charge is 0.481 e. The van der Waals surface area contributed by atoms with Crippen LogP contribution in [0.3, 0.4) is 0 Å². The maximum absolute atomic E-state index is 11.5. The van der Waals surface area contributed by atoms with Gasteiger partial charge < -0.3 is 15.7 Å². The lowest BCUT2D eigenvalue weighted by Gasteiger charge is -2.16. The maximum Gasteiger partial charge on any atom is 0.314 e. The van der Waals surface area contributed by atoms with Crippen LogP contribution in [0.15, 0.2) is 0 Å². The number of rotatable bonds is 7. The smallest absolute Gasteiger partial charge is 0.314 e. The van der Waals surface area contributed by atoms with Crippen LogP contribution in [-0.2, 0) is 4.79 Å². The van der Waals surface area contributed by atoms with Crippen LogP contribution in [0.5, 0.6) is 0 Å². The van der Waals surface area contributed by atoms with E-state index in [9.17, 15) is 9.59 Å². The van der Waals surface area contributed by atoms with E-state index in [2.05, 4.69) is 17.6 Å². The molecular weight excluding hydrogens is 244 g/mol. The van der Waals surface area contributed by atoms with Gasteiger partial charge in [0.2, 0.25) is 0 Å². The molecule has 1 rings (SSSR count). The van der Waals surface area contributed by atoms with Gasteiger partial charge in [-0.25, -0.2) is 4.79 Å². The molecule has 5 nitrogen and oxygen atoms in total. The van der Waals surface area contributed by atoms with Gasteiger partial charge in [0, 0.05) is 13.1 Å². The standard InChI is InChI=1S/C14H26N2O3/c1-10-5-3-7-12(10)9-16-14(19)15-8-4-6-11(2)13(17)18/h10-12H,3-9H2,1-2H3,(H,17,18)(H2,15,16,19). The second-order valence-corrected chi connectivity index (χ2v) is 5.69. The molecule has 1 aliphatic rings. The lowest BCUT2D eigenvalue weighted by molar-refractivity contribution is -0.141. The number of amides is 2. The first-order valence-corrected chi connectivity index (χ1v) is 7.25. The first kappa shape index (κ1) is 15.8. The van der Waals surface area contributed by atoms with Crippen molar-refractivity contribution in [2.24, 2.45) is 17.8 Å².